The van der Waals surface area contributed by atoms with Gasteiger partial charge in [-0.05, 0) is 67.3 Å². The minimum Gasteiger partial charge on any atom is -0.497 e. The first-order valence-electron chi connectivity index (χ1n) is 12.1. The Morgan fingerprint density at radius 2 is 1.73 bits per heavy atom. The third kappa shape index (κ3) is 5.86. The molecule has 37 heavy (non-hydrogen) atoms. The second-order valence-corrected chi connectivity index (χ2v) is 9.07. The zero-order valence-corrected chi connectivity index (χ0v) is 20.4. The van der Waals surface area contributed by atoms with Gasteiger partial charge in [0.05, 0.1) is 12.8 Å². The molecule has 0 bridgehead atoms. The van der Waals surface area contributed by atoms with Gasteiger partial charge in [-0.1, -0.05) is 30.3 Å². The third-order valence-electron chi connectivity index (χ3n) is 6.27. The molecule has 0 radical (unpaired) electrons. The van der Waals surface area contributed by atoms with E-state index in [1.54, 1.807) is 59.2 Å². The van der Waals surface area contributed by atoms with Crippen LogP contribution in [0.1, 0.15) is 23.2 Å². The summed E-state index contributed by atoms with van der Waals surface area (Å²) in [4.78, 5) is 32.7. The number of benzene rings is 3. The molecule has 7 nitrogen and oxygen atoms in total. The highest BCUT2D eigenvalue weighted by molar-refractivity contribution is 5.99. The lowest BCUT2D eigenvalue weighted by Crippen LogP contribution is -2.39. The van der Waals surface area contributed by atoms with Crippen molar-refractivity contribution in [3.8, 4) is 22.7 Å². The van der Waals surface area contributed by atoms with E-state index in [0.29, 0.717) is 41.1 Å². The van der Waals surface area contributed by atoms with E-state index < -0.39 is 0 Å². The maximum Gasteiger partial charge on any atom is 0.254 e. The number of hydrogen-bond donors (Lipinski definition) is 1. The summed E-state index contributed by atoms with van der Waals surface area (Å²) >= 11 is 0. The molecular weight excluding hydrogens is 471 g/mol. The maximum atomic E-state index is 13.6. The number of amides is 2. The van der Waals surface area contributed by atoms with Crippen LogP contribution >= 0.6 is 0 Å². The third-order valence-corrected chi connectivity index (χ3v) is 6.27. The van der Waals surface area contributed by atoms with Crippen molar-refractivity contribution in [2.24, 2.45) is 5.92 Å². The van der Waals surface area contributed by atoms with Crippen LogP contribution in [0.5, 0.6) is 5.75 Å². The summed E-state index contributed by atoms with van der Waals surface area (Å²) in [6.07, 6.45) is 3.88. The predicted octanol–water partition coefficient (Wildman–Crippen LogP) is 5.18. The number of rotatable bonds is 9. The van der Waals surface area contributed by atoms with E-state index in [2.05, 4.69) is 10.3 Å². The number of methoxy groups -OCH3 is 1. The smallest absolute Gasteiger partial charge is 0.254 e. The highest BCUT2D eigenvalue weighted by Crippen LogP contribution is 2.30. The summed E-state index contributed by atoms with van der Waals surface area (Å²) in [6, 6.07) is 22.4. The summed E-state index contributed by atoms with van der Waals surface area (Å²) in [7, 11) is 1.57. The predicted molar refractivity (Wildman–Crippen MR) is 139 cm³/mol. The number of nitrogens with zero attached hydrogens (tertiary/aromatic N) is 3. The van der Waals surface area contributed by atoms with E-state index in [9.17, 15) is 14.0 Å². The van der Waals surface area contributed by atoms with Crippen LogP contribution in [0.3, 0.4) is 0 Å². The lowest BCUT2D eigenvalue weighted by atomic mass is 10.2. The molecule has 1 aliphatic rings. The van der Waals surface area contributed by atoms with Crippen LogP contribution in [0.4, 0.5) is 10.3 Å². The molecule has 1 aliphatic carbocycles. The SMILES string of the molecule is COc1ccc(C(=O)N(CC(=O)Nc2nc(-c3ccccc3)cn2-c2ccc(F)cc2)CC2CC2)cc1. The van der Waals surface area contributed by atoms with Crippen molar-refractivity contribution < 1.29 is 18.7 Å². The van der Waals surface area contributed by atoms with Gasteiger partial charge in [0, 0.05) is 29.6 Å². The number of ether oxygens (including phenoxy) is 1. The van der Waals surface area contributed by atoms with Crippen molar-refractivity contribution in [1.82, 2.24) is 14.5 Å². The van der Waals surface area contributed by atoms with E-state index in [1.165, 1.54) is 12.1 Å². The number of carbonyl (C=O) groups excluding carboxylic acids is 2. The monoisotopic (exact) mass is 498 g/mol. The highest BCUT2D eigenvalue weighted by atomic mass is 19.1. The summed E-state index contributed by atoms with van der Waals surface area (Å²) in [5, 5.41) is 2.87. The molecule has 188 valence electrons. The largest absolute Gasteiger partial charge is 0.497 e. The van der Waals surface area contributed by atoms with Gasteiger partial charge < -0.3 is 9.64 Å². The van der Waals surface area contributed by atoms with Gasteiger partial charge in [-0.2, -0.15) is 0 Å². The standard InChI is InChI=1S/C29H27FN4O3/c1-37-25-15-9-22(10-16-25)28(36)33(17-20-7-8-20)19-27(35)32-29-31-26(21-5-3-2-4-6-21)18-34(29)24-13-11-23(30)12-14-24/h2-6,9-16,18,20H,7-8,17,19H2,1H3,(H,31,32,35). The zero-order valence-electron chi connectivity index (χ0n) is 20.4. The van der Waals surface area contributed by atoms with Gasteiger partial charge >= 0.3 is 0 Å². The van der Waals surface area contributed by atoms with Gasteiger partial charge in [-0.3, -0.25) is 19.5 Å². The number of nitrogens with one attached hydrogen (secondary N) is 1. The maximum absolute atomic E-state index is 13.6. The number of aromatic nitrogens is 2. The van der Waals surface area contributed by atoms with Crippen LogP contribution in [-0.2, 0) is 4.79 Å². The molecule has 1 heterocycles. The van der Waals surface area contributed by atoms with Gasteiger partial charge in [0.2, 0.25) is 11.9 Å². The quantitative estimate of drug-likeness (QED) is 0.345. The molecule has 0 spiro atoms. The van der Waals surface area contributed by atoms with E-state index in [1.807, 2.05) is 30.3 Å². The topological polar surface area (TPSA) is 76.5 Å². The fourth-order valence-corrected chi connectivity index (χ4v) is 4.10. The van der Waals surface area contributed by atoms with Crippen LogP contribution in [0.25, 0.3) is 16.9 Å². The summed E-state index contributed by atoms with van der Waals surface area (Å²) in [5.41, 5.74) is 2.68. The Kier molecular flexibility index (Phi) is 6.98. The lowest BCUT2D eigenvalue weighted by molar-refractivity contribution is -0.117. The molecule has 8 heteroatoms. The first-order valence-corrected chi connectivity index (χ1v) is 12.1. The fraction of sp³-hybridized carbons (Fsp3) is 0.207. The van der Waals surface area contributed by atoms with Crippen molar-refractivity contribution in [1.29, 1.82) is 0 Å². The number of carbonyl (C=O) groups is 2. The van der Waals surface area contributed by atoms with Crippen molar-refractivity contribution in [3.63, 3.8) is 0 Å². The second kappa shape index (κ2) is 10.7. The van der Waals surface area contributed by atoms with Gasteiger partial charge in [-0.25, -0.2) is 9.37 Å². The summed E-state index contributed by atoms with van der Waals surface area (Å²) < 4.78 is 20.4. The van der Waals surface area contributed by atoms with Crippen LogP contribution in [-0.4, -0.2) is 46.5 Å². The average molecular weight is 499 g/mol. The number of anilines is 1. The molecule has 4 aromatic rings. The Morgan fingerprint density at radius 3 is 2.38 bits per heavy atom. The molecule has 3 aromatic carbocycles. The zero-order chi connectivity index (χ0) is 25.8. The van der Waals surface area contributed by atoms with Crippen molar-refractivity contribution >= 4 is 17.8 Å². The second-order valence-electron chi connectivity index (χ2n) is 9.07. The minimum absolute atomic E-state index is 0.113. The van der Waals surface area contributed by atoms with Gasteiger partial charge in [0.15, 0.2) is 0 Å². The lowest BCUT2D eigenvalue weighted by Gasteiger charge is -2.22. The fourth-order valence-electron chi connectivity index (χ4n) is 4.10. The molecular formula is C29H27FN4O3. The first-order chi connectivity index (χ1) is 18.0. The molecule has 1 saturated carbocycles. The van der Waals surface area contributed by atoms with E-state index >= 15 is 0 Å². The Bertz CT molecular complexity index is 1380. The van der Waals surface area contributed by atoms with Crippen LogP contribution in [0.15, 0.2) is 85.1 Å². The molecule has 1 aromatic heterocycles. The van der Waals surface area contributed by atoms with Crippen molar-refractivity contribution in [2.75, 3.05) is 25.5 Å². The molecule has 0 unspecified atom stereocenters. The van der Waals surface area contributed by atoms with E-state index in [-0.39, 0.29) is 24.2 Å². The van der Waals surface area contributed by atoms with E-state index in [0.717, 1.165) is 18.4 Å². The molecule has 0 saturated heterocycles. The average Bonchev–Trinajstić information content (AvgIpc) is 3.66. The van der Waals surface area contributed by atoms with Crippen LogP contribution in [0, 0.1) is 11.7 Å². The normalized spacial score (nSPS) is 12.7. The number of halogens is 1. The van der Waals surface area contributed by atoms with E-state index in [4.69, 9.17) is 4.74 Å². The first kappa shape index (κ1) is 24.2. The Hall–Kier alpha value is -4.46. The molecule has 5 rings (SSSR count). The Morgan fingerprint density at radius 1 is 1.03 bits per heavy atom. The molecule has 1 N–H and O–H groups in total. The molecule has 2 amide bonds. The van der Waals surface area contributed by atoms with Crippen molar-refractivity contribution in [3.05, 3.63) is 96.4 Å². The highest BCUT2D eigenvalue weighted by Gasteiger charge is 2.29. The minimum atomic E-state index is -0.365. The summed E-state index contributed by atoms with van der Waals surface area (Å²) in [6.45, 7) is 0.401. The van der Waals surface area contributed by atoms with Gasteiger partial charge in [-0.15, -0.1) is 0 Å². The van der Waals surface area contributed by atoms with Gasteiger partial charge in [0.1, 0.15) is 18.1 Å². The molecule has 1 fully saturated rings. The Labute approximate surface area is 214 Å². The molecule has 0 aliphatic heterocycles. The van der Waals surface area contributed by atoms with Crippen molar-refractivity contribution in [2.45, 2.75) is 12.8 Å². The Balaban J connectivity index is 1.39. The number of hydrogen-bond acceptors (Lipinski definition) is 4. The summed E-state index contributed by atoms with van der Waals surface area (Å²) in [5.74, 6) is 0.419. The van der Waals surface area contributed by atoms with Crippen LogP contribution in [0.2, 0.25) is 0 Å². The molecule has 0 atom stereocenters. The number of imidazole rings is 1. The van der Waals surface area contributed by atoms with Crippen LogP contribution < -0.4 is 10.1 Å². The van der Waals surface area contributed by atoms with Gasteiger partial charge in [0.25, 0.3) is 5.91 Å².